The highest BCUT2D eigenvalue weighted by Crippen LogP contribution is 2.19. The molecule has 0 radical (unpaired) electrons. The topological polar surface area (TPSA) is 95.9 Å². The minimum absolute atomic E-state index is 0.133. The van der Waals surface area contributed by atoms with Gasteiger partial charge in [-0.05, 0) is 24.3 Å². The Hall–Kier alpha value is -2.57. The highest BCUT2D eigenvalue weighted by Gasteiger charge is 2.37. The van der Waals surface area contributed by atoms with Crippen LogP contribution in [0, 0.1) is 5.92 Å². The Morgan fingerprint density at radius 1 is 1.28 bits per heavy atom. The lowest BCUT2D eigenvalue weighted by Gasteiger charge is -2.26. The third kappa shape index (κ3) is 4.95. The van der Waals surface area contributed by atoms with Crippen LogP contribution < -0.4 is 5.32 Å². The first-order chi connectivity index (χ1) is 11.9. The molecular formula is C18H24N2O5. The van der Waals surface area contributed by atoms with Crippen LogP contribution in [-0.4, -0.2) is 46.6 Å². The summed E-state index contributed by atoms with van der Waals surface area (Å²) in [4.78, 5) is 37.3. The fourth-order valence-corrected chi connectivity index (χ4v) is 2.82. The second-order valence-electron chi connectivity index (χ2n) is 6.46. The van der Waals surface area contributed by atoms with Crippen LogP contribution in [0.5, 0.6) is 0 Å². The van der Waals surface area contributed by atoms with E-state index in [0.29, 0.717) is 19.4 Å². The lowest BCUT2D eigenvalue weighted by Crippen LogP contribution is -2.52. The molecule has 2 atom stereocenters. The van der Waals surface area contributed by atoms with E-state index in [-0.39, 0.29) is 12.5 Å². The van der Waals surface area contributed by atoms with Gasteiger partial charge < -0.3 is 15.2 Å². The van der Waals surface area contributed by atoms with Crippen molar-refractivity contribution in [3.63, 3.8) is 0 Å². The van der Waals surface area contributed by atoms with Crippen molar-refractivity contribution in [2.75, 3.05) is 6.54 Å². The van der Waals surface area contributed by atoms with Crippen LogP contribution in [0.3, 0.4) is 0 Å². The molecule has 25 heavy (non-hydrogen) atoms. The van der Waals surface area contributed by atoms with Crippen molar-refractivity contribution in [2.24, 2.45) is 5.92 Å². The number of carboxylic acids is 1. The molecule has 0 unspecified atom stereocenters. The van der Waals surface area contributed by atoms with E-state index in [4.69, 9.17) is 4.74 Å². The van der Waals surface area contributed by atoms with E-state index in [1.807, 2.05) is 30.3 Å². The number of likely N-dealkylation sites (tertiary alicyclic amines) is 1. The number of carboxylic acid groups (broad SMARTS) is 1. The normalized spacial score (nSPS) is 18.0. The molecule has 1 aromatic carbocycles. The maximum absolute atomic E-state index is 12.4. The predicted octanol–water partition coefficient (Wildman–Crippen LogP) is 2.01. The van der Waals surface area contributed by atoms with E-state index in [0.717, 1.165) is 5.56 Å². The number of ether oxygens (including phenoxy) is 1. The molecule has 1 aliphatic rings. The molecule has 0 aliphatic carbocycles. The summed E-state index contributed by atoms with van der Waals surface area (Å²) < 4.78 is 5.28. The molecule has 1 heterocycles. The Kier molecular flexibility index (Phi) is 6.38. The Balaban J connectivity index is 1.95. The molecule has 2 amide bonds. The molecule has 1 aromatic rings. The number of hydrogen-bond acceptors (Lipinski definition) is 4. The number of nitrogens with one attached hydrogen (secondary N) is 1. The molecule has 136 valence electrons. The summed E-state index contributed by atoms with van der Waals surface area (Å²) in [6.07, 6.45) is 0.618. The van der Waals surface area contributed by atoms with Gasteiger partial charge in [-0.15, -0.1) is 0 Å². The van der Waals surface area contributed by atoms with Gasteiger partial charge in [-0.1, -0.05) is 44.2 Å². The zero-order valence-electron chi connectivity index (χ0n) is 14.5. The first-order valence-corrected chi connectivity index (χ1v) is 8.40. The zero-order valence-corrected chi connectivity index (χ0v) is 14.5. The molecule has 0 saturated carbocycles. The Morgan fingerprint density at radius 3 is 2.56 bits per heavy atom. The Bertz CT molecular complexity index is 617. The number of amides is 2. The lowest BCUT2D eigenvalue weighted by molar-refractivity contribution is -0.143. The van der Waals surface area contributed by atoms with E-state index in [1.54, 1.807) is 13.8 Å². The summed E-state index contributed by atoms with van der Waals surface area (Å²) in [5.41, 5.74) is 0.863. The summed E-state index contributed by atoms with van der Waals surface area (Å²) in [5.74, 6) is -1.78. The van der Waals surface area contributed by atoms with E-state index in [1.165, 1.54) is 4.90 Å². The summed E-state index contributed by atoms with van der Waals surface area (Å²) in [6, 6.07) is 7.61. The third-order valence-corrected chi connectivity index (χ3v) is 4.23. The zero-order chi connectivity index (χ0) is 18.4. The van der Waals surface area contributed by atoms with Gasteiger partial charge >= 0.3 is 12.1 Å². The van der Waals surface area contributed by atoms with Crippen LogP contribution in [0.15, 0.2) is 30.3 Å². The molecule has 1 fully saturated rings. The molecule has 2 rings (SSSR count). The lowest BCUT2D eigenvalue weighted by atomic mass is 10.0. The number of carbonyl (C=O) groups excluding carboxylic acids is 2. The molecular weight excluding hydrogens is 324 g/mol. The SMILES string of the molecule is CC(C)[C@@H](NC(=O)[C@H]1CCCN1C(=O)OCc1ccccc1)C(=O)O. The van der Waals surface area contributed by atoms with E-state index >= 15 is 0 Å². The van der Waals surface area contributed by atoms with Gasteiger partial charge in [-0.25, -0.2) is 9.59 Å². The van der Waals surface area contributed by atoms with Crippen LogP contribution in [-0.2, 0) is 20.9 Å². The van der Waals surface area contributed by atoms with Crippen LogP contribution in [0.2, 0.25) is 0 Å². The van der Waals surface area contributed by atoms with Gasteiger partial charge in [0.2, 0.25) is 5.91 Å². The number of nitrogens with zero attached hydrogens (tertiary/aromatic N) is 1. The molecule has 1 aliphatic heterocycles. The highest BCUT2D eigenvalue weighted by atomic mass is 16.6. The first kappa shape index (κ1) is 18.8. The summed E-state index contributed by atoms with van der Waals surface area (Å²) in [7, 11) is 0. The van der Waals surface area contributed by atoms with Crippen LogP contribution >= 0.6 is 0 Å². The first-order valence-electron chi connectivity index (χ1n) is 8.40. The molecule has 0 aromatic heterocycles. The smallest absolute Gasteiger partial charge is 0.410 e. The van der Waals surface area contributed by atoms with Crippen molar-refractivity contribution in [3.05, 3.63) is 35.9 Å². The molecule has 0 bridgehead atoms. The molecule has 1 saturated heterocycles. The minimum atomic E-state index is -1.08. The predicted molar refractivity (Wildman–Crippen MR) is 90.8 cm³/mol. The van der Waals surface area contributed by atoms with Crippen molar-refractivity contribution in [2.45, 2.75) is 45.4 Å². The number of benzene rings is 1. The van der Waals surface area contributed by atoms with Gasteiger partial charge in [0.1, 0.15) is 18.7 Å². The van der Waals surface area contributed by atoms with E-state index in [9.17, 15) is 19.5 Å². The van der Waals surface area contributed by atoms with Gasteiger partial charge in [-0.2, -0.15) is 0 Å². The average molecular weight is 348 g/mol. The average Bonchev–Trinajstić information content (AvgIpc) is 3.07. The fourth-order valence-electron chi connectivity index (χ4n) is 2.82. The number of carbonyl (C=O) groups is 3. The summed E-state index contributed by atoms with van der Waals surface area (Å²) in [6.45, 7) is 4.00. The van der Waals surface area contributed by atoms with Crippen molar-refractivity contribution >= 4 is 18.0 Å². The maximum Gasteiger partial charge on any atom is 0.410 e. The van der Waals surface area contributed by atoms with Crippen LogP contribution in [0.1, 0.15) is 32.3 Å². The van der Waals surface area contributed by atoms with Crippen LogP contribution in [0.4, 0.5) is 4.79 Å². The molecule has 7 nitrogen and oxygen atoms in total. The second-order valence-corrected chi connectivity index (χ2v) is 6.46. The van der Waals surface area contributed by atoms with E-state index < -0.39 is 30.1 Å². The summed E-state index contributed by atoms with van der Waals surface area (Å²) in [5, 5.41) is 11.7. The van der Waals surface area contributed by atoms with Gasteiger partial charge in [0.05, 0.1) is 0 Å². The van der Waals surface area contributed by atoms with Gasteiger partial charge in [0.25, 0.3) is 0 Å². The number of rotatable bonds is 6. The van der Waals surface area contributed by atoms with Gasteiger partial charge in [0.15, 0.2) is 0 Å². The third-order valence-electron chi connectivity index (χ3n) is 4.23. The van der Waals surface area contributed by atoms with Crippen molar-refractivity contribution in [3.8, 4) is 0 Å². The van der Waals surface area contributed by atoms with Crippen LogP contribution in [0.25, 0.3) is 0 Å². The molecule has 0 spiro atoms. The molecule has 2 N–H and O–H groups in total. The van der Waals surface area contributed by atoms with Gasteiger partial charge in [0, 0.05) is 6.54 Å². The summed E-state index contributed by atoms with van der Waals surface area (Å²) >= 11 is 0. The maximum atomic E-state index is 12.4. The largest absolute Gasteiger partial charge is 0.480 e. The van der Waals surface area contributed by atoms with Crippen molar-refractivity contribution < 1.29 is 24.2 Å². The number of hydrogen-bond donors (Lipinski definition) is 2. The quantitative estimate of drug-likeness (QED) is 0.820. The van der Waals surface area contributed by atoms with E-state index in [2.05, 4.69) is 5.32 Å². The Morgan fingerprint density at radius 2 is 1.96 bits per heavy atom. The minimum Gasteiger partial charge on any atom is -0.480 e. The van der Waals surface area contributed by atoms with Gasteiger partial charge in [-0.3, -0.25) is 9.69 Å². The monoisotopic (exact) mass is 348 g/mol. The molecule has 7 heteroatoms. The Labute approximate surface area is 147 Å². The van der Waals surface area contributed by atoms with Crippen molar-refractivity contribution in [1.29, 1.82) is 0 Å². The van der Waals surface area contributed by atoms with Crippen molar-refractivity contribution in [1.82, 2.24) is 10.2 Å². The second kappa shape index (κ2) is 8.50. The standard InChI is InChI=1S/C18H24N2O5/c1-12(2)15(17(22)23)19-16(21)14-9-6-10-20(14)18(24)25-11-13-7-4-3-5-8-13/h3-5,7-8,12,14-15H,6,9-11H2,1-2H3,(H,19,21)(H,22,23)/t14-,15-/m1/s1. The highest BCUT2D eigenvalue weighted by molar-refractivity contribution is 5.89. The number of aliphatic carboxylic acids is 1. The fraction of sp³-hybridized carbons (Fsp3) is 0.500.